The molecule has 92 valence electrons. The molecule has 0 aromatic heterocycles. The zero-order chi connectivity index (χ0) is 12.6. The molecule has 2 rings (SSSR count). The summed E-state index contributed by atoms with van der Waals surface area (Å²) in [5.74, 6) is 0.132. The van der Waals surface area contributed by atoms with Crippen LogP contribution in [0, 0.1) is 0 Å². The maximum absolute atomic E-state index is 12.3. The molecule has 0 N–H and O–H groups in total. The van der Waals surface area contributed by atoms with Crippen LogP contribution in [0.3, 0.4) is 0 Å². The highest BCUT2D eigenvalue weighted by molar-refractivity contribution is 6.35. The van der Waals surface area contributed by atoms with Crippen molar-refractivity contribution < 1.29 is 4.79 Å². The zero-order valence-corrected chi connectivity index (χ0v) is 11.5. The fourth-order valence-corrected chi connectivity index (χ4v) is 3.02. The van der Waals surface area contributed by atoms with E-state index in [1.165, 1.54) is 0 Å². The minimum atomic E-state index is -0.425. The van der Waals surface area contributed by atoms with Crippen LogP contribution in [-0.2, 0) is 10.2 Å². The average Bonchev–Trinajstić information content (AvgIpc) is 2.19. The van der Waals surface area contributed by atoms with Gasteiger partial charge < -0.3 is 4.90 Å². The fourth-order valence-electron chi connectivity index (χ4n) is 2.43. The monoisotopic (exact) mass is 271 g/mol. The Balaban J connectivity index is 2.45. The van der Waals surface area contributed by atoms with Crippen molar-refractivity contribution in [1.82, 2.24) is 4.90 Å². The quantitative estimate of drug-likeness (QED) is 0.806. The number of hydrogen-bond acceptors (Lipinski definition) is 1. The summed E-state index contributed by atoms with van der Waals surface area (Å²) in [6, 6.07) is 5.39. The number of hydrogen-bond donors (Lipinski definition) is 0. The molecule has 0 heterocycles. The third kappa shape index (κ3) is 2.04. The van der Waals surface area contributed by atoms with Crippen molar-refractivity contribution in [2.45, 2.75) is 24.7 Å². The number of benzene rings is 1. The van der Waals surface area contributed by atoms with Crippen LogP contribution in [-0.4, -0.2) is 24.9 Å². The summed E-state index contributed by atoms with van der Waals surface area (Å²) in [5, 5.41) is 1.19. The summed E-state index contributed by atoms with van der Waals surface area (Å²) in [7, 11) is 3.57. The Kier molecular flexibility index (Phi) is 3.37. The maximum atomic E-state index is 12.3. The largest absolute Gasteiger partial charge is 0.348 e. The van der Waals surface area contributed by atoms with E-state index in [-0.39, 0.29) is 5.91 Å². The molecule has 4 heteroatoms. The number of likely N-dealkylation sites (N-methyl/N-ethyl adjacent to an activating group) is 1. The molecular formula is C13H15Cl2NO. The lowest BCUT2D eigenvalue weighted by Gasteiger charge is -2.42. The van der Waals surface area contributed by atoms with Gasteiger partial charge in [0.15, 0.2) is 0 Å². The molecule has 1 aromatic rings. The molecule has 1 saturated carbocycles. The van der Waals surface area contributed by atoms with Crippen molar-refractivity contribution in [3.63, 3.8) is 0 Å². The van der Waals surface area contributed by atoms with Crippen LogP contribution in [0.25, 0.3) is 0 Å². The molecule has 1 amide bonds. The van der Waals surface area contributed by atoms with E-state index in [2.05, 4.69) is 0 Å². The van der Waals surface area contributed by atoms with Gasteiger partial charge >= 0.3 is 0 Å². The number of amides is 1. The van der Waals surface area contributed by atoms with Crippen LogP contribution >= 0.6 is 23.2 Å². The molecule has 0 radical (unpaired) electrons. The van der Waals surface area contributed by atoms with Gasteiger partial charge in [-0.1, -0.05) is 35.7 Å². The topological polar surface area (TPSA) is 20.3 Å². The summed E-state index contributed by atoms with van der Waals surface area (Å²) in [4.78, 5) is 14.0. The van der Waals surface area contributed by atoms with E-state index in [0.29, 0.717) is 10.0 Å². The van der Waals surface area contributed by atoms with Gasteiger partial charge in [-0.15, -0.1) is 0 Å². The molecule has 17 heavy (non-hydrogen) atoms. The lowest BCUT2D eigenvalue weighted by Crippen LogP contribution is -2.48. The molecule has 1 aromatic carbocycles. The van der Waals surface area contributed by atoms with Crippen LogP contribution in [0.4, 0.5) is 0 Å². The first-order valence-electron chi connectivity index (χ1n) is 5.65. The smallest absolute Gasteiger partial charge is 0.232 e. The van der Waals surface area contributed by atoms with Crippen LogP contribution in [0.5, 0.6) is 0 Å². The number of carbonyl (C=O) groups excluding carboxylic acids is 1. The molecule has 0 spiro atoms. The van der Waals surface area contributed by atoms with Crippen molar-refractivity contribution in [2.24, 2.45) is 0 Å². The van der Waals surface area contributed by atoms with Gasteiger partial charge in [-0.3, -0.25) is 4.79 Å². The second kappa shape index (κ2) is 4.51. The predicted molar refractivity (Wildman–Crippen MR) is 70.7 cm³/mol. The molecule has 0 saturated heterocycles. The highest BCUT2D eigenvalue weighted by Crippen LogP contribution is 2.47. The van der Waals surface area contributed by atoms with E-state index in [9.17, 15) is 4.79 Å². The first-order valence-corrected chi connectivity index (χ1v) is 6.40. The SMILES string of the molecule is CN(C)C(=O)C1(c2ccc(Cl)cc2Cl)CCC1. The lowest BCUT2D eigenvalue weighted by molar-refractivity contribution is -0.138. The van der Waals surface area contributed by atoms with Gasteiger partial charge in [-0.05, 0) is 30.5 Å². The van der Waals surface area contributed by atoms with E-state index in [1.807, 2.05) is 6.07 Å². The first kappa shape index (κ1) is 12.7. The van der Waals surface area contributed by atoms with Crippen LogP contribution in [0.15, 0.2) is 18.2 Å². The highest BCUT2D eigenvalue weighted by Gasteiger charge is 2.47. The molecule has 0 unspecified atom stereocenters. The summed E-state index contributed by atoms with van der Waals surface area (Å²) in [6.07, 6.45) is 2.80. The van der Waals surface area contributed by atoms with Crippen molar-refractivity contribution in [2.75, 3.05) is 14.1 Å². The Morgan fingerprint density at radius 2 is 1.94 bits per heavy atom. The summed E-state index contributed by atoms with van der Waals surface area (Å²) < 4.78 is 0. The Morgan fingerprint density at radius 1 is 1.29 bits per heavy atom. The normalized spacial score (nSPS) is 17.4. The van der Waals surface area contributed by atoms with E-state index in [0.717, 1.165) is 24.8 Å². The van der Waals surface area contributed by atoms with Gasteiger partial charge in [0.05, 0.1) is 5.41 Å². The number of carbonyl (C=O) groups is 1. The fraction of sp³-hybridized carbons (Fsp3) is 0.462. The third-order valence-corrected chi connectivity index (χ3v) is 4.02. The van der Waals surface area contributed by atoms with E-state index >= 15 is 0 Å². The van der Waals surface area contributed by atoms with Gasteiger partial charge in [-0.25, -0.2) is 0 Å². The second-order valence-corrected chi connectivity index (χ2v) is 5.60. The molecule has 1 aliphatic rings. The average molecular weight is 272 g/mol. The molecule has 0 atom stereocenters. The Labute approximate surface area is 112 Å². The standard InChI is InChI=1S/C13H15Cl2NO/c1-16(2)12(17)13(6-3-7-13)10-5-4-9(14)8-11(10)15/h4-5,8H,3,6-7H2,1-2H3. The van der Waals surface area contributed by atoms with E-state index in [4.69, 9.17) is 23.2 Å². The minimum absolute atomic E-state index is 0.132. The van der Waals surface area contributed by atoms with Crippen molar-refractivity contribution in [3.8, 4) is 0 Å². The number of rotatable bonds is 2. The second-order valence-electron chi connectivity index (χ2n) is 4.76. The predicted octanol–water partition coefficient (Wildman–Crippen LogP) is 3.50. The van der Waals surface area contributed by atoms with Gasteiger partial charge in [0.25, 0.3) is 0 Å². The summed E-state index contributed by atoms with van der Waals surface area (Å²) in [6.45, 7) is 0. The van der Waals surface area contributed by atoms with Crippen LogP contribution in [0.1, 0.15) is 24.8 Å². The van der Waals surface area contributed by atoms with Crippen molar-refractivity contribution in [3.05, 3.63) is 33.8 Å². The van der Waals surface area contributed by atoms with E-state index in [1.54, 1.807) is 31.1 Å². The Hall–Kier alpha value is -0.730. The number of nitrogens with zero attached hydrogens (tertiary/aromatic N) is 1. The highest BCUT2D eigenvalue weighted by atomic mass is 35.5. The Bertz CT molecular complexity index is 453. The van der Waals surface area contributed by atoms with Crippen LogP contribution in [0.2, 0.25) is 10.0 Å². The molecule has 1 aliphatic carbocycles. The van der Waals surface area contributed by atoms with Crippen molar-refractivity contribution >= 4 is 29.1 Å². The molecule has 0 bridgehead atoms. The first-order chi connectivity index (χ1) is 7.97. The zero-order valence-electron chi connectivity index (χ0n) is 9.96. The van der Waals surface area contributed by atoms with E-state index < -0.39 is 5.41 Å². The summed E-state index contributed by atoms with van der Waals surface area (Å²) in [5.41, 5.74) is 0.485. The van der Waals surface area contributed by atoms with Gasteiger partial charge in [0.2, 0.25) is 5.91 Å². The van der Waals surface area contributed by atoms with Gasteiger partial charge in [0, 0.05) is 24.1 Å². The van der Waals surface area contributed by atoms with Gasteiger partial charge in [0.1, 0.15) is 0 Å². The minimum Gasteiger partial charge on any atom is -0.348 e. The molecule has 2 nitrogen and oxygen atoms in total. The Morgan fingerprint density at radius 3 is 2.35 bits per heavy atom. The maximum Gasteiger partial charge on any atom is 0.232 e. The lowest BCUT2D eigenvalue weighted by atomic mass is 9.63. The molecule has 1 fully saturated rings. The molecule has 0 aliphatic heterocycles. The molecular weight excluding hydrogens is 257 g/mol. The van der Waals surface area contributed by atoms with Gasteiger partial charge in [-0.2, -0.15) is 0 Å². The number of halogens is 2. The summed E-state index contributed by atoms with van der Waals surface area (Å²) >= 11 is 12.1. The van der Waals surface area contributed by atoms with Crippen molar-refractivity contribution in [1.29, 1.82) is 0 Å². The third-order valence-electron chi connectivity index (χ3n) is 3.47. The van der Waals surface area contributed by atoms with Crippen LogP contribution < -0.4 is 0 Å².